The molecule has 4 heterocycles. The quantitative estimate of drug-likeness (QED) is 0.705. The Hall–Kier alpha value is -2.16. The minimum Gasteiger partial charge on any atom is -0.370 e. The van der Waals surface area contributed by atoms with E-state index in [1.165, 1.54) is 0 Å². The molecule has 6 rings (SSSR count). The summed E-state index contributed by atoms with van der Waals surface area (Å²) in [6.07, 6.45) is 1.69. The van der Waals surface area contributed by atoms with Crippen molar-refractivity contribution in [2.75, 3.05) is 26.2 Å². The summed E-state index contributed by atoms with van der Waals surface area (Å²) in [7, 11) is 0. The van der Waals surface area contributed by atoms with E-state index in [1.54, 1.807) is 4.90 Å². The van der Waals surface area contributed by atoms with Crippen LogP contribution in [0.4, 0.5) is 8.78 Å². The van der Waals surface area contributed by atoms with Crippen molar-refractivity contribution in [1.82, 2.24) is 10.2 Å². The molecule has 6 aliphatic rings. The van der Waals surface area contributed by atoms with Crippen LogP contribution in [0.25, 0.3) is 0 Å². The Balaban J connectivity index is 1.21. The fourth-order valence-electron chi connectivity index (χ4n) is 6.68. The third-order valence-electron chi connectivity index (χ3n) is 8.08. The lowest BCUT2D eigenvalue weighted by Gasteiger charge is -2.49. The van der Waals surface area contributed by atoms with Crippen LogP contribution in [0.3, 0.4) is 0 Å². The number of nitrogens with zero attached hydrogens (tertiary/aromatic N) is 3. The van der Waals surface area contributed by atoms with Gasteiger partial charge in [0.15, 0.2) is 11.6 Å². The van der Waals surface area contributed by atoms with Crippen molar-refractivity contribution in [3.8, 4) is 0 Å². The van der Waals surface area contributed by atoms with Crippen LogP contribution in [0.1, 0.15) is 52.4 Å². The zero-order valence-corrected chi connectivity index (χ0v) is 18.5. The van der Waals surface area contributed by atoms with E-state index in [4.69, 9.17) is 4.74 Å². The number of dihydropyridines is 1. The van der Waals surface area contributed by atoms with Crippen molar-refractivity contribution in [3.63, 3.8) is 0 Å². The van der Waals surface area contributed by atoms with Crippen molar-refractivity contribution < 1.29 is 23.1 Å². The number of ether oxygens (including phenoxy) is 1. The van der Waals surface area contributed by atoms with Gasteiger partial charge >= 0.3 is 0 Å². The number of rotatable bonds is 2. The maximum absolute atomic E-state index is 13.3. The summed E-state index contributed by atoms with van der Waals surface area (Å²) in [5, 5.41) is 11.9. The van der Waals surface area contributed by atoms with Crippen molar-refractivity contribution in [2.45, 2.75) is 63.9 Å². The van der Waals surface area contributed by atoms with E-state index in [9.17, 15) is 18.4 Å². The number of hydrogen-bond acceptors (Lipinski definition) is 6. The largest absolute Gasteiger partial charge is 0.370 e. The van der Waals surface area contributed by atoms with Crippen LogP contribution in [-0.2, 0) is 14.3 Å². The SMILES string of the molecule is CC1(C)CC(=O)C2=C(C1)NC1=C(CN=N1)C21COC2(CN(C(=O)CC3CC(F)(F)C3)C2)C1. The molecular formula is C23H28F2N4O3. The summed E-state index contributed by atoms with van der Waals surface area (Å²) in [6, 6.07) is 0. The fraction of sp³-hybridized carbons (Fsp3) is 0.739. The molecule has 7 nitrogen and oxygen atoms in total. The molecule has 0 aromatic heterocycles. The molecule has 2 saturated heterocycles. The molecule has 32 heavy (non-hydrogen) atoms. The predicted molar refractivity (Wildman–Crippen MR) is 110 cm³/mol. The minimum absolute atomic E-state index is 0.0767. The average molecular weight is 446 g/mol. The van der Waals surface area contributed by atoms with Gasteiger partial charge < -0.3 is 15.0 Å². The molecule has 9 heteroatoms. The summed E-state index contributed by atoms with van der Waals surface area (Å²) < 4.78 is 32.5. The predicted octanol–water partition coefficient (Wildman–Crippen LogP) is 3.33. The summed E-state index contributed by atoms with van der Waals surface area (Å²) in [5.41, 5.74) is 1.61. The normalized spacial score (nSPS) is 33.9. The first-order valence-electron chi connectivity index (χ1n) is 11.4. The number of fused-ring (bicyclic) bond motifs is 2. The second-order valence-electron chi connectivity index (χ2n) is 11.5. The van der Waals surface area contributed by atoms with Crippen molar-refractivity contribution in [3.05, 3.63) is 22.7 Å². The molecule has 2 aliphatic carbocycles. The van der Waals surface area contributed by atoms with E-state index in [1.807, 2.05) is 0 Å². The van der Waals surface area contributed by atoms with E-state index in [0.717, 1.165) is 29.1 Å². The van der Waals surface area contributed by atoms with Crippen LogP contribution in [0, 0.1) is 16.7 Å². The first-order chi connectivity index (χ1) is 15.0. The second kappa shape index (κ2) is 6.24. The summed E-state index contributed by atoms with van der Waals surface area (Å²) in [4.78, 5) is 27.6. The van der Waals surface area contributed by atoms with Crippen LogP contribution in [0.2, 0.25) is 0 Å². The van der Waals surface area contributed by atoms with E-state index in [0.29, 0.717) is 39.1 Å². The maximum Gasteiger partial charge on any atom is 0.248 e. The summed E-state index contributed by atoms with van der Waals surface area (Å²) >= 11 is 0. The summed E-state index contributed by atoms with van der Waals surface area (Å²) in [5.74, 6) is -2.01. The van der Waals surface area contributed by atoms with Crippen molar-refractivity contribution in [1.29, 1.82) is 0 Å². The van der Waals surface area contributed by atoms with E-state index >= 15 is 0 Å². The topological polar surface area (TPSA) is 83.4 Å². The molecule has 1 unspecified atom stereocenters. The van der Waals surface area contributed by atoms with Crippen LogP contribution in [-0.4, -0.2) is 54.4 Å². The number of likely N-dealkylation sites (tertiary alicyclic amines) is 1. The van der Waals surface area contributed by atoms with Gasteiger partial charge in [0.1, 0.15) is 5.60 Å². The Bertz CT molecular complexity index is 1020. The first-order valence-corrected chi connectivity index (χ1v) is 11.4. The minimum atomic E-state index is -2.60. The van der Waals surface area contributed by atoms with Gasteiger partial charge in [0, 0.05) is 42.5 Å². The Morgan fingerprint density at radius 2 is 2.00 bits per heavy atom. The molecule has 2 spiro atoms. The zero-order chi connectivity index (χ0) is 22.5. The van der Waals surface area contributed by atoms with Gasteiger partial charge in [-0.3, -0.25) is 9.59 Å². The van der Waals surface area contributed by atoms with Gasteiger partial charge in [-0.1, -0.05) is 13.8 Å². The molecule has 172 valence electrons. The lowest BCUT2D eigenvalue weighted by molar-refractivity contribution is -0.164. The summed E-state index contributed by atoms with van der Waals surface area (Å²) in [6.45, 7) is 5.94. The molecule has 0 aromatic rings. The third-order valence-corrected chi connectivity index (χ3v) is 8.08. The first kappa shape index (κ1) is 20.4. The number of carbonyl (C=O) groups is 2. The van der Waals surface area contributed by atoms with Gasteiger partial charge in [0.05, 0.1) is 31.7 Å². The van der Waals surface area contributed by atoms with Gasteiger partial charge in [0.2, 0.25) is 11.8 Å². The smallest absolute Gasteiger partial charge is 0.248 e. The van der Waals surface area contributed by atoms with Crippen molar-refractivity contribution >= 4 is 11.7 Å². The van der Waals surface area contributed by atoms with Crippen LogP contribution in [0.15, 0.2) is 32.9 Å². The Kier molecular flexibility index (Phi) is 3.99. The van der Waals surface area contributed by atoms with Gasteiger partial charge in [-0.05, 0) is 24.2 Å². The number of azo groups is 1. The highest BCUT2D eigenvalue weighted by Gasteiger charge is 2.63. The molecule has 1 amide bonds. The van der Waals surface area contributed by atoms with Crippen LogP contribution in [0.5, 0.6) is 0 Å². The third kappa shape index (κ3) is 2.92. The number of nitrogens with one attached hydrogen (secondary N) is 1. The Morgan fingerprint density at radius 3 is 2.72 bits per heavy atom. The molecule has 1 atom stereocenters. The molecule has 1 N–H and O–H groups in total. The number of Topliss-reactive ketones (excluding diaryl/α,β-unsaturated/α-hetero) is 1. The Morgan fingerprint density at radius 1 is 1.25 bits per heavy atom. The van der Waals surface area contributed by atoms with Crippen LogP contribution >= 0.6 is 0 Å². The lowest BCUT2D eigenvalue weighted by atomic mass is 9.61. The number of halogens is 2. The zero-order valence-electron chi connectivity index (χ0n) is 18.5. The number of ketones is 1. The number of hydrogen-bond donors (Lipinski definition) is 1. The van der Waals surface area contributed by atoms with E-state index in [2.05, 4.69) is 29.4 Å². The van der Waals surface area contributed by atoms with Gasteiger partial charge in [-0.2, -0.15) is 5.11 Å². The van der Waals surface area contributed by atoms with Crippen molar-refractivity contribution in [2.24, 2.45) is 27.0 Å². The lowest BCUT2D eigenvalue weighted by Crippen LogP contribution is -2.64. The van der Waals surface area contributed by atoms with E-state index < -0.39 is 16.9 Å². The standard InChI is InChI=1S/C23H28F2N4O3/c1-20(2)6-15-18(16(30)7-20)22(14-8-26-28-19(14)27-15)9-21(32-12-22)10-29(11-21)17(31)3-13-4-23(24,25)5-13/h13,27H,3-12H2,1-2H3. The number of carbonyl (C=O) groups excluding carboxylic acids is 2. The number of allylic oxidation sites excluding steroid dienone is 1. The molecule has 3 fully saturated rings. The molecule has 0 aromatic carbocycles. The second-order valence-corrected chi connectivity index (χ2v) is 11.5. The maximum atomic E-state index is 13.3. The number of alkyl halides is 2. The average Bonchev–Trinajstić information content (AvgIpc) is 3.23. The highest BCUT2D eigenvalue weighted by molar-refractivity contribution is 6.00. The monoisotopic (exact) mass is 446 g/mol. The molecular weight excluding hydrogens is 418 g/mol. The van der Waals surface area contributed by atoms with Crippen LogP contribution < -0.4 is 5.32 Å². The fourth-order valence-corrected chi connectivity index (χ4v) is 6.68. The van der Waals surface area contributed by atoms with E-state index in [-0.39, 0.29) is 42.3 Å². The highest BCUT2D eigenvalue weighted by Crippen LogP contribution is 2.58. The van der Waals surface area contributed by atoms with Gasteiger partial charge in [0.25, 0.3) is 0 Å². The highest BCUT2D eigenvalue weighted by atomic mass is 19.3. The molecule has 0 bridgehead atoms. The van der Waals surface area contributed by atoms with Gasteiger partial charge in [-0.25, -0.2) is 8.78 Å². The molecule has 4 aliphatic heterocycles. The number of amides is 1. The Labute approximate surface area is 185 Å². The van der Waals surface area contributed by atoms with Gasteiger partial charge in [-0.15, -0.1) is 5.11 Å². The molecule has 0 radical (unpaired) electrons. The molecule has 1 saturated carbocycles.